The molecule has 24 heavy (non-hydrogen) atoms. The molecule has 1 heterocycles. The summed E-state index contributed by atoms with van der Waals surface area (Å²) in [6.45, 7) is 8.72. The van der Waals surface area contributed by atoms with Crippen molar-refractivity contribution in [2.45, 2.75) is 58.2 Å². The third-order valence-electron chi connectivity index (χ3n) is 3.68. The minimum Gasteiger partial charge on any atom is -0.443 e. The number of hydrogen-bond acceptors (Lipinski definition) is 5. The standard InChI is InChI=1S/C18H25NO5/c1-17(2,3)24-16(21)19-13(12-10-8-7-9-11-12)14(15(19)20)23-18(4,5)22-6/h7-11,13-14H,1-6H3/t13?,14-/m1/s1. The van der Waals surface area contributed by atoms with Crippen molar-refractivity contribution in [3.63, 3.8) is 0 Å². The van der Waals surface area contributed by atoms with Crippen LogP contribution in [-0.2, 0) is 19.0 Å². The van der Waals surface area contributed by atoms with Crippen LogP contribution in [0.4, 0.5) is 4.79 Å². The van der Waals surface area contributed by atoms with E-state index in [1.54, 1.807) is 34.6 Å². The van der Waals surface area contributed by atoms with Crippen LogP contribution < -0.4 is 0 Å². The molecular formula is C18H25NO5. The molecule has 2 rings (SSSR count). The third-order valence-corrected chi connectivity index (χ3v) is 3.68. The number of ether oxygens (including phenoxy) is 3. The molecule has 0 bridgehead atoms. The SMILES string of the molecule is COC(C)(C)O[C@H]1C(=O)N(C(=O)OC(C)(C)C)C1c1ccccc1. The molecule has 6 heteroatoms. The molecule has 132 valence electrons. The zero-order valence-electron chi connectivity index (χ0n) is 15.0. The first kappa shape index (κ1) is 18.4. The Morgan fingerprint density at radius 3 is 2.17 bits per heavy atom. The summed E-state index contributed by atoms with van der Waals surface area (Å²) in [5.74, 6) is -1.36. The smallest absolute Gasteiger partial charge is 0.417 e. The van der Waals surface area contributed by atoms with Crippen LogP contribution in [0, 0.1) is 0 Å². The Balaban J connectivity index is 2.28. The van der Waals surface area contributed by atoms with Crippen molar-refractivity contribution >= 4 is 12.0 Å². The molecule has 1 unspecified atom stereocenters. The van der Waals surface area contributed by atoms with Gasteiger partial charge in [-0.15, -0.1) is 0 Å². The van der Waals surface area contributed by atoms with Gasteiger partial charge in [0.2, 0.25) is 0 Å². The highest BCUT2D eigenvalue weighted by Crippen LogP contribution is 2.40. The minimum atomic E-state index is -0.937. The highest BCUT2D eigenvalue weighted by molar-refractivity contribution is 6.01. The Bertz CT molecular complexity index is 606. The first-order valence-electron chi connectivity index (χ1n) is 7.90. The number of imide groups is 1. The number of hydrogen-bond donors (Lipinski definition) is 0. The molecule has 0 spiro atoms. The molecule has 0 saturated carbocycles. The number of amides is 2. The molecule has 0 radical (unpaired) electrons. The maximum Gasteiger partial charge on any atom is 0.417 e. The molecule has 0 aliphatic carbocycles. The summed E-state index contributed by atoms with van der Waals surface area (Å²) in [5, 5.41) is 0. The van der Waals surface area contributed by atoms with E-state index < -0.39 is 35.5 Å². The van der Waals surface area contributed by atoms with E-state index in [0.717, 1.165) is 10.5 Å². The number of carbonyl (C=O) groups excluding carboxylic acids is 2. The van der Waals surface area contributed by atoms with E-state index in [-0.39, 0.29) is 0 Å². The predicted octanol–water partition coefficient (Wildman–Crippen LogP) is 3.27. The van der Waals surface area contributed by atoms with E-state index in [1.165, 1.54) is 7.11 Å². The summed E-state index contributed by atoms with van der Waals surface area (Å²) in [6, 6.07) is 8.74. The summed E-state index contributed by atoms with van der Waals surface area (Å²) in [5.41, 5.74) is 0.121. The number of rotatable bonds is 4. The first-order chi connectivity index (χ1) is 11.1. The predicted molar refractivity (Wildman–Crippen MR) is 88.2 cm³/mol. The molecule has 2 amide bonds. The van der Waals surface area contributed by atoms with Crippen molar-refractivity contribution in [3.05, 3.63) is 35.9 Å². The van der Waals surface area contributed by atoms with Gasteiger partial charge in [0.1, 0.15) is 11.6 Å². The molecule has 0 N–H and O–H groups in total. The Morgan fingerprint density at radius 1 is 1.08 bits per heavy atom. The highest BCUT2D eigenvalue weighted by atomic mass is 16.7. The van der Waals surface area contributed by atoms with Crippen LogP contribution in [0.1, 0.15) is 46.2 Å². The van der Waals surface area contributed by atoms with Gasteiger partial charge in [0.05, 0.1) is 0 Å². The Morgan fingerprint density at radius 2 is 1.67 bits per heavy atom. The second kappa shape index (κ2) is 6.53. The molecule has 1 aromatic carbocycles. The lowest BCUT2D eigenvalue weighted by Crippen LogP contribution is -2.64. The Labute approximate surface area is 142 Å². The molecule has 1 aliphatic heterocycles. The second-order valence-corrected chi connectivity index (χ2v) is 7.19. The average Bonchev–Trinajstić information content (AvgIpc) is 2.49. The topological polar surface area (TPSA) is 65.1 Å². The van der Waals surface area contributed by atoms with Crippen LogP contribution in [-0.4, -0.2) is 41.5 Å². The van der Waals surface area contributed by atoms with Gasteiger partial charge in [0.15, 0.2) is 11.9 Å². The summed E-state index contributed by atoms with van der Waals surface area (Å²) in [6.07, 6.45) is -1.47. The van der Waals surface area contributed by atoms with Gasteiger partial charge in [-0.25, -0.2) is 9.69 Å². The summed E-state index contributed by atoms with van der Waals surface area (Å²) >= 11 is 0. The molecule has 1 aliphatic rings. The van der Waals surface area contributed by atoms with E-state index in [1.807, 2.05) is 30.3 Å². The van der Waals surface area contributed by atoms with Gasteiger partial charge < -0.3 is 14.2 Å². The average molecular weight is 335 g/mol. The molecule has 1 saturated heterocycles. The van der Waals surface area contributed by atoms with Crippen LogP contribution in [0.25, 0.3) is 0 Å². The number of carbonyl (C=O) groups is 2. The maximum absolute atomic E-state index is 12.5. The lowest BCUT2D eigenvalue weighted by Gasteiger charge is -2.47. The molecule has 0 aromatic heterocycles. The van der Waals surface area contributed by atoms with Crippen LogP contribution >= 0.6 is 0 Å². The van der Waals surface area contributed by atoms with Crippen molar-refractivity contribution in [1.29, 1.82) is 0 Å². The van der Waals surface area contributed by atoms with Crippen LogP contribution in [0.3, 0.4) is 0 Å². The molecule has 6 nitrogen and oxygen atoms in total. The molecule has 2 atom stereocenters. The monoisotopic (exact) mass is 335 g/mol. The third kappa shape index (κ3) is 3.94. The van der Waals surface area contributed by atoms with Gasteiger partial charge >= 0.3 is 6.09 Å². The fourth-order valence-electron chi connectivity index (χ4n) is 2.42. The van der Waals surface area contributed by atoms with Crippen LogP contribution in [0.5, 0.6) is 0 Å². The van der Waals surface area contributed by atoms with Crippen molar-refractivity contribution < 1.29 is 23.8 Å². The van der Waals surface area contributed by atoms with Gasteiger partial charge in [-0.3, -0.25) is 4.79 Å². The zero-order chi connectivity index (χ0) is 18.1. The van der Waals surface area contributed by atoms with Crippen molar-refractivity contribution in [2.75, 3.05) is 7.11 Å². The molecule has 1 aromatic rings. The summed E-state index contributed by atoms with van der Waals surface area (Å²) < 4.78 is 16.4. The minimum absolute atomic E-state index is 0.428. The second-order valence-electron chi connectivity index (χ2n) is 7.19. The van der Waals surface area contributed by atoms with Crippen molar-refractivity contribution in [3.8, 4) is 0 Å². The Hall–Kier alpha value is -1.92. The van der Waals surface area contributed by atoms with E-state index in [9.17, 15) is 9.59 Å². The van der Waals surface area contributed by atoms with Crippen molar-refractivity contribution in [2.24, 2.45) is 0 Å². The zero-order valence-corrected chi connectivity index (χ0v) is 15.0. The van der Waals surface area contributed by atoms with Gasteiger partial charge in [-0.05, 0) is 40.2 Å². The fraction of sp³-hybridized carbons (Fsp3) is 0.556. The summed E-state index contributed by atoms with van der Waals surface area (Å²) in [7, 11) is 1.51. The van der Waals surface area contributed by atoms with Crippen LogP contribution in [0.15, 0.2) is 30.3 Å². The fourth-order valence-corrected chi connectivity index (χ4v) is 2.42. The van der Waals surface area contributed by atoms with E-state index in [0.29, 0.717) is 0 Å². The molecule has 1 fully saturated rings. The number of nitrogens with zero attached hydrogens (tertiary/aromatic N) is 1. The molecular weight excluding hydrogens is 310 g/mol. The van der Waals surface area contributed by atoms with E-state index in [4.69, 9.17) is 14.2 Å². The van der Waals surface area contributed by atoms with Gasteiger partial charge in [0.25, 0.3) is 5.91 Å². The highest BCUT2D eigenvalue weighted by Gasteiger charge is 2.55. The summed E-state index contributed by atoms with van der Waals surface area (Å²) in [4.78, 5) is 26.0. The van der Waals surface area contributed by atoms with E-state index >= 15 is 0 Å². The normalized spacial score (nSPS) is 21.4. The lowest BCUT2D eigenvalue weighted by atomic mass is 9.91. The van der Waals surface area contributed by atoms with Gasteiger partial charge in [0, 0.05) is 7.11 Å². The van der Waals surface area contributed by atoms with Gasteiger partial charge in [-0.2, -0.15) is 0 Å². The van der Waals surface area contributed by atoms with Crippen molar-refractivity contribution in [1.82, 2.24) is 4.90 Å². The van der Waals surface area contributed by atoms with E-state index in [2.05, 4.69) is 0 Å². The van der Waals surface area contributed by atoms with Crippen LogP contribution in [0.2, 0.25) is 0 Å². The number of methoxy groups -OCH3 is 1. The number of benzene rings is 1. The maximum atomic E-state index is 12.5. The Kier molecular flexibility index (Phi) is 5.01. The first-order valence-corrected chi connectivity index (χ1v) is 7.90. The van der Waals surface area contributed by atoms with Gasteiger partial charge in [-0.1, -0.05) is 30.3 Å². The largest absolute Gasteiger partial charge is 0.443 e. The lowest BCUT2D eigenvalue weighted by molar-refractivity contribution is -0.252. The number of likely N-dealkylation sites (tertiary alicyclic amines) is 1. The number of β-lactam (4-membered cyclic amide) rings is 1. The quantitative estimate of drug-likeness (QED) is 0.624.